The Labute approximate surface area is 56.2 Å². The van der Waals surface area contributed by atoms with Gasteiger partial charge in [0.15, 0.2) is 0 Å². The van der Waals surface area contributed by atoms with Crippen molar-refractivity contribution in [3.8, 4) is 0 Å². The smallest absolute Gasteiger partial charge is 0.294 e. The molecule has 2 N–H and O–H groups in total. The highest BCUT2D eigenvalue weighted by molar-refractivity contribution is 6.71. The van der Waals surface area contributed by atoms with Crippen molar-refractivity contribution in [1.82, 2.24) is 4.98 Å². The van der Waals surface area contributed by atoms with E-state index < -0.39 is 8.48 Å². The van der Waals surface area contributed by atoms with Crippen molar-refractivity contribution < 1.29 is 9.53 Å². The topological polar surface area (TPSA) is 41.5 Å². The predicted octanol–water partition coefficient (Wildman–Crippen LogP) is -0.400. The Balaban J connectivity index is 2.45. The third-order valence-electron chi connectivity index (χ3n) is 1.85. The number of hydrogen-bond donors (Lipinski definition) is 2. The molecule has 0 aromatic rings. The van der Waals surface area contributed by atoms with Crippen LogP contribution < -0.4 is 4.98 Å². The fourth-order valence-corrected chi connectivity index (χ4v) is 3.46. The normalized spacial score (nSPS) is 35.3. The standard InChI is InChI=1S/C5H13NO2Si/c1-8-9(5-7)4-2-3-6-9/h6-7H,2-5H2,1H3. The van der Waals surface area contributed by atoms with Gasteiger partial charge in [-0.15, -0.1) is 0 Å². The van der Waals surface area contributed by atoms with Crippen LogP contribution in [-0.4, -0.2) is 33.5 Å². The molecule has 0 spiro atoms. The van der Waals surface area contributed by atoms with Crippen LogP contribution in [0.1, 0.15) is 6.42 Å². The van der Waals surface area contributed by atoms with E-state index in [2.05, 4.69) is 4.98 Å². The summed E-state index contributed by atoms with van der Waals surface area (Å²) in [5, 5.41) is 8.89. The summed E-state index contributed by atoms with van der Waals surface area (Å²) in [6.07, 6.45) is 1.37. The van der Waals surface area contributed by atoms with E-state index in [4.69, 9.17) is 9.53 Å². The Morgan fingerprint density at radius 1 is 1.78 bits per heavy atom. The molecule has 0 aliphatic carbocycles. The van der Waals surface area contributed by atoms with Gasteiger partial charge in [-0.05, 0) is 19.0 Å². The van der Waals surface area contributed by atoms with Gasteiger partial charge in [0.1, 0.15) is 0 Å². The summed E-state index contributed by atoms with van der Waals surface area (Å²) in [5.41, 5.74) is 0. The molecule has 1 aliphatic heterocycles. The van der Waals surface area contributed by atoms with Crippen LogP contribution in [0.4, 0.5) is 0 Å². The molecule has 9 heavy (non-hydrogen) atoms. The Morgan fingerprint density at radius 3 is 2.78 bits per heavy atom. The SMILES string of the molecule is CO[Si]1(CO)CCCN1. The fourth-order valence-electron chi connectivity index (χ4n) is 1.15. The zero-order valence-electron chi connectivity index (χ0n) is 5.68. The first-order valence-electron chi connectivity index (χ1n) is 3.24. The van der Waals surface area contributed by atoms with Crippen molar-refractivity contribution in [2.45, 2.75) is 12.5 Å². The highest BCUT2D eigenvalue weighted by Gasteiger charge is 2.36. The Bertz CT molecular complexity index is 87.0. The maximum atomic E-state index is 8.89. The van der Waals surface area contributed by atoms with Crippen LogP contribution in [0.2, 0.25) is 6.04 Å². The molecule has 3 nitrogen and oxygen atoms in total. The molecule has 0 aromatic heterocycles. The minimum atomic E-state index is -1.77. The van der Waals surface area contributed by atoms with Crippen molar-refractivity contribution in [1.29, 1.82) is 0 Å². The second-order valence-electron chi connectivity index (χ2n) is 2.39. The summed E-state index contributed by atoms with van der Waals surface area (Å²) < 4.78 is 5.23. The van der Waals surface area contributed by atoms with Crippen molar-refractivity contribution in [2.75, 3.05) is 19.9 Å². The summed E-state index contributed by atoms with van der Waals surface area (Å²) >= 11 is 0. The molecule has 0 amide bonds. The van der Waals surface area contributed by atoms with E-state index >= 15 is 0 Å². The third kappa shape index (κ3) is 1.32. The quantitative estimate of drug-likeness (QED) is 0.522. The number of nitrogens with one attached hydrogen (secondary N) is 1. The molecule has 1 aliphatic rings. The lowest BCUT2D eigenvalue weighted by atomic mass is 10.5. The third-order valence-corrected chi connectivity index (χ3v) is 5.20. The van der Waals surface area contributed by atoms with Crippen LogP contribution in [0.15, 0.2) is 0 Å². The average molecular weight is 147 g/mol. The molecule has 1 atom stereocenters. The van der Waals surface area contributed by atoms with Gasteiger partial charge in [-0.25, -0.2) is 0 Å². The van der Waals surface area contributed by atoms with Crippen LogP contribution >= 0.6 is 0 Å². The van der Waals surface area contributed by atoms with Gasteiger partial charge in [0.05, 0.1) is 6.23 Å². The van der Waals surface area contributed by atoms with E-state index in [1.165, 1.54) is 0 Å². The summed E-state index contributed by atoms with van der Waals surface area (Å²) in [4.78, 5) is 3.24. The summed E-state index contributed by atoms with van der Waals surface area (Å²) in [6.45, 7) is 1.01. The molecule has 1 fully saturated rings. The first-order valence-corrected chi connectivity index (χ1v) is 5.56. The van der Waals surface area contributed by atoms with Crippen LogP contribution in [0.5, 0.6) is 0 Å². The zero-order chi connectivity index (χ0) is 6.74. The Morgan fingerprint density at radius 2 is 2.56 bits per heavy atom. The molecule has 0 aromatic carbocycles. The van der Waals surface area contributed by atoms with Gasteiger partial charge >= 0.3 is 0 Å². The molecule has 1 unspecified atom stereocenters. The van der Waals surface area contributed by atoms with E-state index in [0.717, 1.165) is 19.0 Å². The van der Waals surface area contributed by atoms with Gasteiger partial charge in [-0.2, -0.15) is 0 Å². The van der Waals surface area contributed by atoms with Gasteiger partial charge < -0.3 is 14.5 Å². The Hall–Kier alpha value is 0.0969. The van der Waals surface area contributed by atoms with Crippen LogP contribution in [0.25, 0.3) is 0 Å². The highest BCUT2D eigenvalue weighted by atomic mass is 28.4. The largest absolute Gasteiger partial charge is 0.405 e. The highest BCUT2D eigenvalue weighted by Crippen LogP contribution is 2.14. The van der Waals surface area contributed by atoms with Gasteiger partial charge in [0.2, 0.25) is 0 Å². The van der Waals surface area contributed by atoms with E-state index in [-0.39, 0.29) is 6.23 Å². The predicted molar refractivity (Wildman–Crippen MR) is 37.3 cm³/mol. The first-order chi connectivity index (χ1) is 4.33. The molecule has 0 bridgehead atoms. The molecule has 1 saturated heterocycles. The fraction of sp³-hybridized carbons (Fsp3) is 1.00. The molecular weight excluding hydrogens is 134 g/mol. The lowest BCUT2D eigenvalue weighted by molar-refractivity contribution is 0.294. The molecule has 0 radical (unpaired) electrons. The minimum absolute atomic E-state index is 0.212. The maximum absolute atomic E-state index is 8.89. The lowest BCUT2D eigenvalue weighted by Gasteiger charge is -2.20. The molecule has 4 heteroatoms. The molecule has 54 valence electrons. The second-order valence-corrected chi connectivity index (χ2v) is 5.95. The van der Waals surface area contributed by atoms with Crippen LogP contribution in [0.3, 0.4) is 0 Å². The van der Waals surface area contributed by atoms with Crippen molar-refractivity contribution in [3.05, 3.63) is 0 Å². The molecule has 1 heterocycles. The lowest BCUT2D eigenvalue weighted by Crippen LogP contribution is -2.51. The van der Waals surface area contributed by atoms with Gasteiger partial charge in [-0.3, -0.25) is 0 Å². The average Bonchev–Trinajstić information content (AvgIpc) is 2.36. The monoisotopic (exact) mass is 147 g/mol. The molecular formula is C5H13NO2Si. The van der Waals surface area contributed by atoms with Crippen molar-refractivity contribution >= 4 is 8.48 Å². The van der Waals surface area contributed by atoms with Crippen LogP contribution in [0, 0.1) is 0 Å². The van der Waals surface area contributed by atoms with Gasteiger partial charge in [0.25, 0.3) is 8.48 Å². The van der Waals surface area contributed by atoms with E-state index in [0.29, 0.717) is 0 Å². The van der Waals surface area contributed by atoms with Gasteiger partial charge in [-0.1, -0.05) is 0 Å². The van der Waals surface area contributed by atoms with Crippen molar-refractivity contribution in [3.63, 3.8) is 0 Å². The van der Waals surface area contributed by atoms with E-state index in [1.54, 1.807) is 7.11 Å². The number of aliphatic hydroxyl groups is 1. The van der Waals surface area contributed by atoms with Crippen LogP contribution in [-0.2, 0) is 4.43 Å². The van der Waals surface area contributed by atoms with E-state index in [9.17, 15) is 0 Å². The maximum Gasteiger partial charge on any atom is 0.294 e. The van der Waals surface area contributed by atoms with E-state index in [1.807, 2.05) is 0 Å². The summed E-state index contributed by atoms with van der Waals surface area (Å²) in [7, 11) is -0.0934. The zero-order valence-corrected chi connectivity index (χ0v) is 6.68. The van der Waals surface area contributed by atoms with Gasteiger partial charge in [0, 0.05) is 7.11 Å². The summed E-state index contributed by atoms with van der Waals surface area (Å²) in [6, 6.07) is 1.06. The number of aliphatic hydroxyl groups excluding tert-OH is 1. The summed E-state index contributed by atoms with van der Waals surface area (Å²) in [5.74, 6) is 0. The number of hydrogen-bond acceptors (Lipinski definition) is 3. The second kappa shape index (κ2) is 2.79. The minimum Gasteiger partial charge on any atom is -0.405 e. The number of rotatable bonds is 2. The first kappa shape index (κ1) is 7.21. The van der Waals surface area contributed by atoms with Crippen molar-refractivity contribution in [2.24, 2.45) is 0 Å². The molecule has 0 saturated carbocycles. The Kier molecular flexibility index (Phi) is 2.23. The molecule has 1 rings (SSSR count).